The van der Waals surface area contributed by atoms with Gasteiger partial charge < -0.3 is 0 Å². The molecule has 78 valence electrons. The molecule has 2 heteroatoms. The smallest absolute Gasteiger partial charge is 0.224 e. The fourth-order valence-electron chi connectivity index (χ4n) is 1.08. The molecule has 15 heavy (non-hydrogen) atoms. The highest BCUT2D eigenvalue weighted by molar-refractivity contribution is 8.17. The lowest BCUT2D eigenvalue weighted by Crippen LogP contribution is -1.93. The predicted molar refractivity (Wildman–Crippen MR) is 66.9 cm³/mol. The minimum Gasteiger partial charge on any atom is -0.281 e. The molecular weight excluding hydrogens is 204 g/mol. The molecule has 0 aliphatic rings. The summed E-state index contributed by atoms with van der Waals surface area (Å²) in [6.45, 7) is 7.65. The van der Waals surface area contributed by atoms with E-state index in [0.29, 0.717) is 0 Å². The van der Waals surface area contributed by atoms with Crippen molar-refractivity contribution in [3.8, 4) is 0 Å². The highest BCUT2D eigenvalue weighted by atomic mass is 32.2. The monoisotopic (exact) mass is 218 g/mol. The number of thioether (sulfide) groups is 1. The van der Waals surface area contributed by atoms with Crippen LogP contribution < -0.4 is 0 Å². The Morgan fingerprint density at radius 2 is 1.87 bits per heavy atom. The molecule has 0 N–H and O–H groups in total. The molecule has 1 aromatic rings. The van der Waals surface area contributed by atoms with E-state index in [2.05, 4.69) is 6.58 Å². The minimum absolute atomic E-state index is 0.0618. The van der Waals surface area contributed by atoms with Gasteiger partial charge in [-0.2, -0.15) is 0 Å². The number of benzene rings is 1. The fourth-order valence-corrected chi connectivity index (χ4v) is 1.82. The Labute approximate surface area is 94.9 Å². The van der Waals surface area contributed by atoms with Crippen LogP contribution >= 0.6 is 11.8 Å². The van der Waals surface area contributed by atoms with Gasteiger partial charge in [-0.3, -0.25) is 4.79 Å². The SMILES string of the molecule is C=CC(SC(=O)c1ccccc1)=C(C)C. The molecule has 0 spiro atoms. The zero-order valence-electron chi connectivity index (χ0n) is 8.99. The molecule has 0 radical (unpaired) electrons. The van der Waals surface area contributed by atoms with Gasteiger partial charge in [-0.15, -0.1) is 0 Å². The molecule has 0 amide bonds. The maximum absolute atomic E-state index is 11.8. The van der Waals surface area contributed by atoms with Crippen LogP contribution in [0.4, 0.5) is 0 Å². The van der Waals surface area contributed by atoms with Crippen molar-refractivity contribution in [2.45, 2.75) is 13.8 Å². The molecule has 0 saturated carbocycles. The van der Waals surface area contributed by atoms with Gasteiger partial charge in [0.15, 0.2) is 0 Å². The zero-order valence-corrected chi connectivity index (χ0v) is 9.80. The maximum Gasteiger partial charge on any atom is 0.224 e. The molecular formula is C13H14OS. The summed E-state index contributed by atoms with van der Waals surface area (Å²) >= 11 is 1.23. The van der Waals surface area contributed by atoms with Gasteiger partial charge in [0, 0.05) is 10.5 Å². The van der Waals surface area contributed by atoms with E-state index in [1.807, 2.05) is 44.2 Å². The van der Waals surface area contributed by atoms with Crippen molar-refractivity contribution in [3.63, 3.8) is 0 Å². The lowest BCUT2D eigenvalue weighted by atomic mass is 10.2. The lowest BCUT2D eigenvalue weighted by Gasteiger charge is -2.03. The zero-order chi connectivity index (χ0) is 11.3. The lowest BCUT2D eigenvalue weighted by molar-refractivity contribution is 0.108. The van der Waals surface area contributed by atoms with Crippen molar-refractivity contribution in [2.24, 2.45) is 0 Å². The molecule has 0 aliphatic carbocycles. The molecule has 0 heterocycles. The molecule has 1 aromatic carbocycles. The van der Waals surface area contributed by atoms with E-state index in [1.54, 1.807) is 6.08 Å². The molecule has 0 unspecified atom stereocenters. The van der Waals surface area contributed by atoms with Crippen LogP contribution in [-0.2, 0) is 0 Å². The molecule has 0 aromatic heterocycles. The van der Waals surface area contributed by atoms with Crippen molar-refractivity contribution < 1.29 is 4.79 Å². The quantitative estimate of drug-likeness (QED) is 0.712. The van der Waals surface area contributed by atoms with Crippen molar-refractivity contribution in [2.75, 3.05) is 0 Å². The highest BCUT2D eigenvalue weighted by Crippen LogP contribution is 2.24. The van der Waals surface area contributed by atoms with Crippen LogP contribution in [-0.4, -0.2) is 5.12 Å². The third kappa shape index (κ3) is 3.40. The van der Waals surface area contributed by atoms with Crippen molar-refractivity contribution in [1.82, 2.24) is 0 Å². The molecule has 0 saturated heterocycles. The number of allylic oxidation sites excluding steroid dienone is 2. The summed E-state index contributed by atoms with van der Waals surface area (Å²) in [5.74, 6) is 0. The van der Waals surface area contributed by atoms with E-state index in [4.69, 9.17) is 0 Å². The summed E-state index contributed by atoms with van der Waals surface area (Å²) in [5, 5.41) is 0.0618. The number of carbonyl (C=O) groups is 1. The van der Waals surface area contributed by atoms with Crippen LogP contribution in [0.25, 0.3) is 0 Å². The van der Waals surface area contributed by atoms with Crippen molar-refractivity contribution in [1.29, 1.82) is 0 Å². The van der Waals surface area contributed by atoms with Crippen LogP contribution in [0.2, 0.25) is 0 Å². The Bertz CT molecular complexity index is 386. The van der Waals surface area contributed by atoms with Crippen LogP contribution in [0.1, 0.15) is 24.2 Å². The van der Waals surface area contributed by atoms with E-state index in [0.717, 1.165) is 16.0 Å². The van der Waals surface area contributed by atoms with Gasteiger partial charge in [-0.05, 0) is 25.6 Å². The average molecular weight is 218 g/mol. The first-order valence-electron chi connectivity index (χ1n) is 4.72. The van der Waals surface area contributed by atoms with Crippen molar-refractivity contribution >= 4 is 16.9 Å². The summed E-state index contributed by atoms with van der Waals surface area (Å²) in [5.41, 5.74) is 1.84. The second-order valence-corrected chi connectivity index (χ2v) is 4.34. The van der Waals surface area contributed by atoms with Crippen LogP contribution in [0, 0.1) is 0 Å². The van der Waals surface area contributed by atoms with Gasteiger partial charge in [0.2, 0.25) is 5.12 Å². The molecule has 1 nitrogen and oxygen atoms in total. The van der Waals surface area contributed by atoms with E-state index in [-0.39, 0.29) is 5.12 Å². The van der Waals surface area contributed by atoms with Gasteiger partial charge in [-0.25, -0.2) is 0 Å². The predicted octanol–water partition coefficient (Wildman–Crippen LogP) is 4.04. The second kappa shape index (κ2) is 5.56. The van der Waals surface area contributed by atoms with E-state index in [9.17, 15) is 4.79 Å². The van der Waals surface area contributed by atoms with E-state index in [1.165, 1.54) is 11.8 Å². The number of rotatable bonds is 3. The Morgan fingerprint density at radius 1 is 1.27 bits per heavy atom. The molecule has 0 fully saturated rings. The third-order valence-corrected chi connectivity index (χ3v) is 3.11. The standard InChI is InChI=1S/C13H14OS/c1-4-12(10(2)3)15-13(14)11-8-6-5-7-9-11/h4-9H,1H2,2-3H3. The van der Waals surface area contributed by atoms with Crippen molar-refractivity contribution in [3.05, 3.63) is 59.0 Å². The Morgan fingerprint density at radius 3 is 2.33 bits per heavy atom. The van der Waals surface area contributed by atoms with Crippen LogP contribution in [0.3, 0.4) is 0 Å². The first kappa shape index (κ1) is 11.8. The number of carbonyl (C=O) groups excluding carboxylic acids is 1. The highest BCUT2D eigenvalue weighted by Gasteiger charge is 2.08. The molecule has 0 atom stereocenters. The summed E-state index contributed by atoms with van der Waals surface area (Å²) in [6, 6.07) is 9.27. The van der Waals surface area contributed by atoms with Gasteiger partial charge in [-0.1, -0.05) is 48.6 Å². The summed E-state index contributed by atoms with van der Waals surface area (Å²) < 4.78 is 0. The topological polar surface area (TPSA) is 17.1 Å². The Kier molecular flexibility index (Phi) is 4.37. The third-order valence-electron chi connectivity index (χ3n) is 1.89. The van der Waals surface area contributed by atoms with Crippen LogP contribution in [0.15, 0.2) is 53.5 Å². The maximum atomic E-state index is 11.8. The van der Waals surface area contributed by atoms with E-state index >= 15 is 0 Å². The molecule has 0 bridgehead atoms. The minimum atomic E-state index is 0.0618. The Hall–Kier alpha value is -1.28. The van der Waals surface area contributed by atoms with E-state index < -0.39 is 0 Å². The first-order valence-corrected chi connectivity index (χ1v) is 5.54. The van der Waals surface area contributed by atoms with Gasteiger partial charge in [0.1, 0.15) is 0 Å². The second-order valence-electron chi connectivity index (χ2n) is 3.32. The fraction of sp³-hybridized carbons (Fsp3) is 0.154. The van der Waals surface area contributed by atoms with Gasteiger partial charge >= 0.3 is 0 Å². The molecule has 1 rings (SSSR count). The first-order chi connectivity index (χ1) is 7.15. The number of hydrogen-bond donors (Lipinski definition) is 0. The van der Waals surface area contributed by atoms with Gasteiger partial charge in [0.05, 0.1) is 0 Å². The number of hydrogen-bond acceptors (Lipinski definition) is 2. The summed E-state index contributed by atoms with van der Waals surface area (Å²) in [4.78, 5) is 12.7. The average Bonchev–Trinajstić information content (AvgIpc) is 2.26. The Balaban J connectivity index is 2.81. The van der Waals surface area contributed by atoms with Crippen LogP contribution in [0.5, 0.6) is 0 Å². The largest absolute Gasteiger partial charge is 0.281 e. The molecule has 0 aliphatic heterocycles. The summed E-state index contributed by atoms with van der Waals surface area (Å²) in [6.07, 6.45) is 1.72. The normalized spacial score (nSPS) is 9.47. The summed E-state index contributed by atoms with van der Waals surface area (Å²) in [7, 11) is 0. The van der Waals surface area contributed by atoms with Gasteiger partial charge in [0.25, 0.3) is 0 Å².